The van der Waals surface area contributed by atoms with Gasteiger partial charge in [0.25, 0.3) is 0 Å². The maximum atomic E-state index is 11.0. The Morgan fingerprint density at radius 1 is 0.568 bits per heavy atom. The molecular formula is C32H64O4S. The summed E-state index contributed by atoms with van der Waals surface area (Å²) in [6.07, 6.45) is 38.3. The largest absolute Gasteiger partial charge is 0.397 e. The first-order chi connectivity index (χ1) is 18.0. The van der Waals surface area contributed by atoms with Gasteiger partial charge in [0.2, 0.25) is 0 Å². The number of allylic oxidation sites excluding steroid dienone is 1. The Balaban J connectivity index is 3.77. The van der Waals surface area contributed by atoms with Gasteiger partial charge in [-0.15, -0.1) is 0 Å². The molecule has 0 aromatic carbocycles. The van der Waals surface area contributed by atoms with Crippen molar-refractivity contribution in [3.05, 3.63) is 12.2 Å². The summed E-state index contributed by atoms with van der Waals surface area (Å²) in [6, 6.07) is 0. The van der Waals surface area contributed by atoms with Crippen LogP contribution in [0.2, 0.25) is 0 Å². The van der Waals surface area contributed by atoms with Crippen molar-refractivity contribution in [2.24, 2.45) is 5.92 Å². The maximum Gasteiger partial charge on any atom is 0.397 e. The molecule has 0 amide bonds. The molecule has 0 rings (SSSR count). The molecule has 0 aromatic heterocycles. The summed E-state index contributed by atoms with van der Waals surface area (Å²) in [6.45, 7) is 4.58. The highest BCUT2D eigenvalue weighted by atomic mass is 32.3. The van der Waals surface area contributed by atoms with Gasteiger partial charge in [0.05, 0.1) is 6.61 Å². The Kier molecular flexibility index (Phi) is 28.3. The average molecular weight is 545 g/mol. The molecule has 0 saturated heterocycles. The molecule has 222 valence electrons. The minimum atomic E-state index is -4.37. The molecule has 5 heteroatoms. The first-order valence-electron chi connectivity index (χ1n) is 16.3. The van der Waals surface area contributed by atoms with Crippen molar-refractivity contribution in [3.63, 3.8) is 0 Å². The Bertz CT molecular complexity index is 573. The number of hydrogen-bond donors (Lipinski definition) is 1. The van der Waals surface area contributed by atoms with Gasteiger partial charge in [0.1, 0.15) is 0 Å². The predicted molar refractivity (Wildman–Crippen MR) is 162 cm³/mol. The van der Waals surface area contributed by atoms with Crippen molar-refractivity contribution in [2.45, 2.75) is 181 Å². The maximum absolute atomic E-state index is 11.0. The molecule has 0 aromatic rings. The molecule has 1 atom stereocenters. The molecule has 37 heavy (non-hydrogen) atoms. The van der Waals surface area contributed by atoms with Crippen LogP contribution in [0.5, 0.6) is 0 Å². The van der Waals surface area contributed by atoms with E-state index < -0.39 is 10.4 Å². The van der Waals surface area contributed by atoms with Gasteiger partial charge in [-0.2, -0.15) is 8.42 Å². The lowest BCUT2D eigenvalue weighted by Gasteiger charge is -2.12. The van der Waals surface area contributed by atoms with E-state index in [1.165, 1.54) is 148 Å². The summed E-state index contributed by atoms with van der Waals surface area (Å²) in [7, 11) is -4.37. The standard InChI is InChI=1S/C32H64O4S/c1-3-5-7-9-11-13-15-16-17-18-19-20-22-24-26-28-30-32(31-36-37(33,34)35)29-27-25-23-21-14-12-10-8-6-4-2/h28,30,32H,3-27,29,31H2,1-2H3,(H,33,34,35)/b30-28+. The van der Waals surface area contributed by atoms with Crippen LogP contribution in [0.15, 0.2) is 12.2 Å². The average Bonchev–Trinajstić information content (AvgIpc) is 2.87. The van der Waals surface area contributed by atoms with E-state index in [2.05, 4.69) is 30.2 Å². The van der Waals surface area contributed by atoms with Crippen LogP contribution in [0.4, 0.5) is 0 Å². The Hall–Kier alpha value is -0.390. The SMILES string of the molecule is CCCCCCCCCCCCCCCC/C=C/C(CCCCCCCCCCCC)COS(=O)(=O)O. The van der Waals surface area contributed by atoms with Gasteiger partial charge >= 0.3 is 10.4 Å². The molecule has 0 bridgehead atoms. The van der Waals surface area contributed by atoms with E-state index in [1.54, 1.807) is 0 Å². The van der Waals surface area contributed by atoms with Gasteiger partial charge in [-0.3, -0.25) is 4.55 Å². The summed E-state index contributed by atoms with van der Waals surface area (Å²) in [5.74, 6) is 0.0580. The van der Waals surface area contributed by atoms with E-state index in [0.29, 0.717) is 0 Å². The molecule has 4 nitrogen and oxygen atoms in total. The third-order valence-electron chi connectivity index (χ3n) is 7.49. The molecule has 0 heterocycles. The van der Waals surface area contributed by atoms with Crippen molar-refractivity contribution in [1.82, 2.24) is 0 Å². The zero-order valence-electron chi connectivity index (χ0n) is 24.9. The van der Waals surface area contributed by atoms with Crippen LogP contribution in [-0.2, 0) is 14.6 Å². The monoisotopic (exact) mass is 544 g/mol. The molecule has 0 aliphatic carbocycles. The van der Waals surface area contributed by atoms with Crippen LogP contribution in [0.25, 0.3) is 0 Å². The topological polar surface area (TPSA) is 63.6 Å². The Morgan fingerprint density at radius 3 is 1.30 bits per heavy atom. The van der Waals surface area contributed by atoms with Crippen molar-refractivity contribution in [3.8, 4) is 0 Å². The minimum absolute atomic E-state index is 0.0471. The molecule has 0 spiro atoms. The second kappa shape index (κ2) is 28.6. The lowest BCUT2D eigenvalue weighted by atomic mass is 9.99. The van der Waals surface area contributed by atoms with Gasteiger partial charge < -0.3 is 0 Å². The van der Waals surface area contributed by atoms with Gasteiger partial charge in [-0.25, -0.2) is 4.18 Å². The van der Waals surface area contributed by atoms with Gasteiger partial charge in [-0.1, -0.05) is 174 Å². The van der Waals surface area contributed by atoms with E-state index in [1.807, 2.05) is 0 Å². The molecule has 0 fully saturated rings. The van der Waals surface area contributed by atoms with Crippen LogP contribution in [0, 0.1) is 5.92 Å². The lowest BCUT2D eigenvalue weighted by molar-refractivity contribution is 0.234. The zero-order valence-corrected chi connectivity index (χ0v) is 25.7. The van der Waals surface area contributed by atoms with E-state index in [-0.39, 0.29) is 12.5 Å². The van der Waals surface area contributed by atoms with Crippen LogP contribution in [0.1, 0.15) is 181 Å². The number of rotatable bonds is 30. The van der Waals surface area contributed by atoms with E-state index >= 15 is 0 Å². The van der Waals surface area contributed by atoms with E-state index in [9.17, 15) is 8.42 Å². The summed E-state index contributed by atoms with van der Waals surface area (Å²) < 4.78 is 35.7. The smallest absolute Gasteiger partial charge is 0.264 e. The third-order valence-corrected chi connectivity index (χ3v) is 7.93. The first kappa shape index (κ1) is 36.6. The predicted octanol–water partition coefficient (Wildman–Crippen LogP) is 11.2. The fourth-order valence-electron chi connectivity index (χ4n) is 5.05. The molecule has 0 radical (unpaired) electrons. The van der Waals surface area contributed by atoms with Gasteiger partial charge in [-0.05, 0) is 19.3 Å². The molecule has 0 aliphatic heterocycles. The highest BCUT2D eigenvalue weighted by molar-refractivity contribution is 7.80. The molecule has 0 aliphatic rings. The van der Waals surface area contributed by atoms with Crippen LogP contribution in [0.3, 0.4) is 0 Å². The van der Waals surface area contributed by atoms with Crippen molar-refractivity contribution >= 4 is 10.4 Å². The first-order valence-corrected chi connectivity index (χ1v) is 17.6. The number of hydrogen-bond acceptors (Lipinski definition) is 3. The second-order valence-corrected chi connectivity index (χ2v) is 12.3. The van der Waals surface area contributed by atoms with Crippen LogP contribution in [-0.4, -0.2) is 19.6 Å². The summed E-state index contributed by atoms with van der Waals surface area (Å²) in [5.41, 5.74) is 0. The quantitative estimate of drug-likeness (QED) is 0.0555. The second-order valence-electron chi connectivity index (χ2n) is 11.3. The Labute approximate surface area is 232 Å². The van der Waals surface area contributed by atoms with E-state index in [0.717, 1.165) is 19.3 Å². The lowest BCUT2D eigenvalue weighted by Crippen LogP contribution is -2.12. The fourth-order valence-corrected chi connectivity index (χ4v) is 5.39. The normalized spacial score (nSPS) is 13.1. The van der Waals surface area contributed by atoms with Crippen LogP contribution < -0.4 is 0 Å². The highest BCUT2D eigenvalue weighted by Crippen LogP contribution is 2.17. The highest BCUT2D eigenvalue weighted by Gasteiger charge is 2.11. The van der Waals surface area contributed by atoms with Crippen molar-refractivity contribution < 1.29 is 17.2 Å². The summed E-state index contributed by atoms with van der Waals surface area (Å²) in [4.78, 5) is 0. The molecule has 1 unspecified atom stereocenters. The fraction of sp³-hybridized carbons (Fsp3) is 0.938. The summed E-state index contributed by atoms with van der Waals surface area (Å²) in [5, 5.41) is 0. The minimum Gasteiger partial charge on any atom is -0.264 e. The van der Waals surface area contributed by atoms with Crippen molar-refractivity contribution in [1.29, 1.82) is 0 Å². The van der Waals surface area contributed by atoms with E-state index in [4.69, 9.17) is 4.55 Å². The third kappa shape index (κ3) is 31.7. The van der Waals surface area contributed by atoms with Crippen molar-refractivity contribution in [2.75, 3.05) is 6.61 Å². The van der Waals surface area contributed by atoms with Crippen LogP contribution >= 0.6 is 0 Å². The molecule has 1 N–H and O–H groups in total. The number of unbranched alkanes of at least 4 members (excludes halogenated alkanes) is 23. The van der Waals surface area contributed by atoms with Gasteiger partial charge in [0.15, 0.2) is 0 Å². The zero-order chi connectivity index (χ0) is 27.3. The summed E-state index contributed by atoms with van der Waals surface area (Å²) >= 11 is 0. The molecule has 0 saturated carbocycles. The van der Waals surface area contributed by atoms with Gasteiger partial charge in [0, 0.05) is 5.92 Å². The Morgan fingerprint density at radius 2 is 0.919 bits per heavy atom. The molecular weight excluding hydrogens is 480 g/mol.